The van der Waals surface area contributed by atoms with E-state index in [4.69, 9.17) is 56.8 Å². The van der Waals surface area contributed by atoms with Gasteiger partial charge in [-0.1, -0.05) is 0 Å². The number of cyclic esters (lactones) is 1. The molecular formula is C36H43NO15. The molecule has 2 N–H and O–H groups in total. The maximum atomic E-state index is 13.7. The number of fused-ring (bicyclic) bond motifs is 4. The number of nitrogens with one attached hydrogen (secondary N) is 1. The molecule has 5 aliphatic heterocycles. The molecule has 0 aromatic heterocycles. The van der Waals surface area contributed by atoms with Crippen LogP contribution < -0.4 is 29.0 Å². The smallest absolute Gasteiger partial charge is 0.412 e. The van der Waals surface area contributed by atoms with Gasteiger partial charge in [-0.05, 0) is 61.7 Å². The number of ether oxygens (including phenoxy) is 12. The van der Waals surface area contributed by atoms with Crippen molar-refractivity contribution in [2.24, 2.45) is 11.8 Å². The Morgan fingerprint density at radius 3 is 2.40 bits per heavy atom. The Hall–Kier alpha value is -3.90. The lowest BCUT2D eigenvalue weighted by Crippen LogP contribution is -2.56. The fraction of sp³-hybridized carbons (Fsp3) is 0.611. The van der Waals surface area contributed by atoms with Crippen LogP contribution in [-0.4, -0.2) is 107 Å². The maximum Gasteiger partial charge on any atom is 0.412 e. The second-order valence-corrected chi connectivity index (χ2v) is 14.1. The molecule has 16 nitrogen and oxygen atoms in total. The Bertz CT molecular complexity index is 1670. The molecule has 5 heterocycles. The summed E-state index contributed by atoms with van der Waals surface area (Å²) in [7, 11) is 2.90. The molecule has 2 aromatic carbocycles. The number of hydrogen-bond donors (Lipinski definition) is 2. The molecule has 282 valence electrons. The molecule has 0 spiro atoms. The van der Waals surface area contributed by atoms with E-state index in [0.717, 1.165) is 11.1 Å². The summed E-state index contributed by atoms with van der Waals surface area (Å²) in [5, 5.41) is 13.7. The van der Waals surface area contributed by atoms with Crippen molar-refractivity contribution in [2.75, 3.05) is 47.4 Å². The van der Waals surface area contributed by atoms with Crippen LogP contribution >= 0.6 is 0 Å². The summed E-state index contributed by atoms with van der Waals surface area (Å²) in [5.74, 6) is -1.36. The Morgan fingerprint density at radius 1 is 0.981 bits per heavy atom. The van der Waals surface area contributed by atoms with Crippen LogP contribution in [0.4, 0.5) is 4.79 Å². The van der Waals surface area contributed by atoms with E-state index < -0.39 is 72.6 Å². The first-order valence-corrected chi connectivity index (χ1v) is 17.4. The van der Waals surface area contributed by atoms with Gasteiger partial charge in [0.2, 0.25) is 12.5 Å². The van der Waals surface area contributed by atoms with Gasteiger partial charge < -0.3 is 67.3 Å². The van der Waals surface area contributed by atoms with E-state index in [2.05, 4.69) is 5.32 Å². The van der Waals surface area contributed by atoms with Crippen LogP contribution in [0.1, 0.15) is 55.9 Å². The molecule has 2 aromatic rings. The van der Waals surface area contributed by atoms with Crippen LogP contribution in [0.2, 0.25) is 0 Å². The van der Waals surface area contributed by atoms with Crippen molar-refractivity contribution in [2.45, 2.75) is 82.0 Å². The molecule has 4 fully saturated rings. The second kappa shape index (κ2) is 13.8. The molecule has 10 atom stereocenters. The van der Waals surface area contributed by atoms with Crippen LogP contribution in [-0.2, 0) is 38.0 Å². The quantitative estimate of drug-likeness (QED) is 0.379. The van der Waals surface area contributed by atoms with E-state index in [0.29, 0.717) is 23.7 Å². The molecule has 8 rings (SSSR count). The van der Waals surface area contributed by atoms with Gasteiger partial charge in [-0.3, -0.25) is 4.79 Å². The summed E-state index contributed by atoms with van der Waals surface area (Å²) in [4.78, 5) is 26.6. The maximum absolute atomic E-state index is 13.7. The Labute approximate surface area is 299 Å². The topological polar surface area (TPSA) is 177 Å². The fourth-order valence-electron chi connectivity index (χ4n) is 8.02. The molecule has 0 bridgehead atoms. The molecule has 3 unspecified atom stereocenters. The number of esters is 1. The lowest BCUT2D eigenvalue weighted by molar-refractivity contribution is -0.338. The van der Waals surface area contributed by atoms with Gasteiger partial charge in [0.25, 0.3) is 0 Å². The Balaban J connectivity index is 1.11. The lowest BCUT2D eigenvalue weighted by Gasteiger charge is -2.45. The summed E-state index contributed by atoms with van der Waals surface area (Å²) in [6.07, 6.45) is -4.81. The Morgan fingerprint density at radius 2 is 1.71 bits per heavy atom. The Kier molecular flexibility index (Phi) is 9.34. The van der Waals surface area contributed by atoms with Crippen molar-refractivity contribution in [1.29, 1.82) is 0 Å². The van der Waals surface area contributed by atoms with E-state index in [1.807, 2.05) is 12.1 Å². The summed E-state index contributed by atoms with van der Waals surface area (Å²) >= 11 is 0. The SMILES string of the molecule is COc1cc([C@@H]2c3cc4c(cc3C(O[C@H]3C[C@@H](O)[C@@H]5O[C@H](C)OC[C@H]5O3)C3COC(=O)[C@@H]32)OCO4)cc(OC)c1OC(=O)NCC1COC(C)(C)O1. The van der Waals surface area contributed by atoms with E-state index in [1.165, 1.54) is 14.2 Å². The zero-order valence-electron chi connectivity index (χ0n) is 29.5. The highest BCUT2D eigenvalue weighted by Gasteiger charge is 2.55. The van der Waals surface area contributed by atoms with Gasteiger partial charge in [0.05, 0.1) is 52.2 Å². The number of amides is 1. The number of aliphatic hydroxyl groups is 1. The molecule has 1 amide bonds. The van der Waals surface area contributed by atoms with E-state index in [9.17, 15) is 14.7 Å². The molecule has 16 heteroatoms. The van der Waals surface area contributed by atoms with Crippen molar-refractivity contribution in [3.8, 4) is 28.7 Å². The van der Waals surface area contributed by atoms with Crippen molar-refractivity contribution >= 4 is 12.1 Å². The van der Waals surface area contributed by atoms with Crippen LogP contribution in [0.15, 0.2) is 24.3 Å². The highest BCUT2D eigenvalue weighted by molar-refractivity contribution is 5.79. The van der Waals surface area contributed by atoms with Gasteiger partial charge in [-0.15, -0.1) is 0 Å². The van der Waals surface area contributed by atoms with Crippen LogP contribution in [0.3, 0.4) is 0 Å². The molecule has 52 heavy (non-hydrogen) atoms. The number of methoxy groups -OCH3 is 2. The predicted molar refractivity (Wildman–Crippen MR) is 174 cm³/mol. The van der Waals surface area contributed by atoms with Crippen molar-refractivity contribution in [1.82, 2.24) is 5.32 Å². The zero-order valence-corrected chi connectivity index (χ0v) is 29.5. The van der Waals surface area contributed by atoms with Gasteiger partial charge in [-0.25, -0.2) is 4.79 Å². The molecular weight excluding hydrogens is 686 g/mol. The van der Waals surface area contributed by atoms with Crippen LogP contribution in [0.5, 0.6) is 28.7 Å². The number of rotatable bonds is 8. The first-order chi connectivity index (χ1) is 25.0. The van der Waals surface area contributed by atoms with E-state index in [-0.39, 0.29) is 56.3 Å². The first-order valence-electron chi connectivity index (χ1n) is 17.4. The normalized spacial score (nSPS) is 34.1. The minimum absolute atomic E-state index is 0.0378. The highest BCUT2D eigenvalue weighted by atomic mass is 16.8. The zero-order chi connectivity index (χ0) is 36.3. The molecule has 0 saturated carbocycles. The monoisotopic (exact) mass is 729 g/mol. The van der Waals surface area contributed by atoms with Gasteiger partial charge in [0, 0.05) is 24.8 Å². The minimum Gasteiger partial charge on any atom is -0.493 e. The predicted octanol–water partition coefficient (Wildman–Crippen LogP) is 2.90. The number of hydrogen-bond acceptors (Lipinski definition) is 15. The van der Waals surface area contributed by atoms with Crippen molar-refractivity contribution in [3.05, 3.63) is 41.0 Å². The van der Waals surface area contributed by atoms with Gasteiger partial charge in [0.1, 0.15) is 18.3 Å². The molecule has 1 aliphatic carbocycles. The van der Waals surface area contributed by atoms with Crippen LogP contribution in [0.25, 0.3) is 0 Å². The molecule has 4 saturated heterocycles. The summed E-state index contributed by atoms with van der Waals surface area (Å²) in [5.41, 5.74) is 2.13. The third-order valence-electron chi connectivity index (χ3n) is 10.3. The first kappa shape index (κ1) is 35.1. The van der Waals surface area contributed by atoms with Gasteiger partial charge in [0.15, 0.2) is 41.4 Å². The number of benzene rings is 2. The van der Waals surface area contributed by atoms with Gasteiger partial charge in [-0.2, -0.15) is 0 Å². The van der Waals surface area contributed by atoms with Gasteiger partial charge >= 0.3 is 12.1 Å². The van der Waals surface area contributed by atoms with Crippen molar-refractivity contribution in [3.63, 3.8) is 0 Å². The number of carbonyl (C=O) groups excluding carboxylic acids is 2. The third-order valence-corrected chi connectivity index (χ3v) is 10.3. The number of carbonyl (C=O) groups is 2. The average Bonchev–Trinajstić information content (AvgIpc) is 3.84. The molecule has 0 radical (unpaired) electrons. The van der Waals surface area contributed by atoms with Crippen LogP contribution in [0, 0.1) is 11.8 Å². The highest BCUT2D eigenvalue weighted by Crippen LogP contribution is 2.57. The second-order valence-electron chi connectivity index (χ2n) is 14.1. The van der Waals surface area contributed by atoms with Crippen molar-refractivity contribution < 1.29 is 71.5 Å². The third kappa shape index (κ3) is 6.50. The fourth-order valence-corrected chi connectivity index (χ4v) is 8.02. The summed E-state index contributed by atoms with van der Waals surface area (Å²) in [6, 6.07) is 7.15. The average molecular weight is 730 g/mol. The summed E-state index contributed by atoms with van der Waals surface area (Å²) in [6.45, 7) is 6.24. The minimum atomic E-state index is -0.847. The van der Waals surface area contributed by atoms with E-state index >= 15 is 0 Å². The lowest BCUT2D eigenvalue weighted by atomic mass is 9.66. The number of aliphatic hydroxyl groups excluding tert-OH is 1. The largest absolute Gasteiger partial charge is 0.493 e. The summed E-state index contributed by atoms with van der Waals surface area (Å²) < 4.78 is 70.1. The standard InChI is InChI=1S/C36H43NO15/c1-16-43-14-27-32(48-16)22(38)10-28(49-27)50-31-20-9-24-23(45-15-46-24)8-19(20)29(30-21(31)13-44-34(30)39)17-6-25(41-4)33(26(7-17)42-5)51-35(40)37-11-18-12-47-36(2,3)52-18/h6-9,16,18,21-22,27-32,38H,10-15H2,1-5H3,(H,37,40)/t16-,18?,21?,22-,27-,28+,29-,30+,31?,32+/m1/s1. The van der Waals surface area contributed by atoms with E-state index in [1.54, 1.807) is 32.9 Å². The molecule has 6 aliphatic rings.